The fourth-order valence-electron chi connectivity index (χ4n) is 1.83. The average molecular weight is 538 g/mol. The third-order valence-electron chi connectivity index (χ3n) is 3.23. The summed E-state index contributed by atoms with van der Waals surface area (Å²) in [7, 11) is -4.64. The molecule has 0 heterocycles. The molecule has 0 saturated carbocycles. The monoisotopic (exact) mass is 538 g/mol. The largest absolute Gasteiger partial charge is 1.00 e. The van der Waals surface area contributed by atoms with E-state index in [1.165, 1.54) is 54.6 Å². The Morgan fingerprint density at radius 2 is 1.30 bits per heavy atom. The Balaban J connectivity index is -0.000000398. The minimum absolute atomic E-state index is 0. The van der Waals surface area contributed by atoms with Gasteiger partial charge in [-0.3, -0.25) is 10.1 Å². The third-order valence-corrected chi connectivity index (χ3v) is 4.10. The number of hydrogen-bond acceptors (Lipinski definition) is 10. The van der Waals surface area contributed by atoms with Gasteiger partial charge in [-0.05, 0) is 36.4 Å². The van der Waals surface area contributed by atoms with Gasteiger partial charge in [0.2, 0.25) is 0 Å². The van der Waals surface area contributed by atoms with E-state index < -0.39 is 25.7 Å². The van der Waals surface area contributed by atoms with Crippen LogP contribution in [0.4, 0.5) is 17.1 Å². The van der Waals surface area contributed by atoms with E-state index in [9.17, 15) is 23.1 Å². The first kappa shape index (κ1) is 36.1. The third kappa shape index (κ3) is 13.7. The van der Waals surface area contributed by atoms with Crippen molar-refractivity contribution in [3.8, 4) is 17.2 Å². The van der Waals surface area contributed by atoms with Crippen molar-refractivity contribution in [2.45, 2.75) is 4.90 Å². The molecule has 0 aliphatic rings. The Kier molecular flexibility index (Phi) is 18.6. The predicted molar refractivity (Wildman–Crippen MR) is 114 cm³/mol. The zero-order valence-corrected chi connectivity index (χ0v) is 23.5. The number of nitrogens with zero attached hydrogens (tertiary/aromatic N) is 1. The van der Waals surface area contributed by atoms with Gasteiger partial charge in [0.1, 0.15) is 21.6 Å². The van der Waals surface area contributed by atoms with Crippen molar-refractivity contribution in [2.24, 2.45) is 0 Å². The molecule has 7 N–H and O–H groups in total. The van der Waals surface area contributed by atoms with Crippen molar-refractivity contribution in [3.63, 3.8) is 0 Å². The number of aromatic hydroxyl groups is 3. The number of phenols is 3. The van der Waals surface area contributed by atoms with Crippen molar-refractivity contribution in [1.82, 2.24) is 0 Å². The molecule has 3 rings (SSSR count). The van der Waals surface area contributed by atoms with Gasteiger partial charge in [0, 0.05) is 70.5 Å². The predicted octanol–water partition coefficient (Wildman–Crippen LogP) is -1.23. The molecule has 15 heteroatoms. The molecule has 33 heavy (non-hydrogen) atoms. The molecule has 0 aliphatic carbocycles. The second kappa shape index (κ2) is 17.0. The van der Waals surface area contributed by atoms with Crippen molar-refractivity contribution < 1.29 is 79.8 Å². The summed E-state index contributed by atoms with van der Waals surface area (Å²) < 4.78 is 31.3. The number of hydrogen-bond donors (Lipinski definition) is 5. The van der Waals surface area contributed by atoms with E-state index in [2.05, 4.69) is 0 Å². The summed E-state index contributed by atoms with van der Waals surface area (Å²) in [6.07, 6.45) is 0. The standard InChI is InChI=1S/C6H6N2O2.C6H7NO4S.C6H6O2.Fe.2Na/c7-5-1-3-6(4-2-5)8(9)10;7-4-2-1-3-5(6(4)8)12(9,10)11;7-5-2-1-3-6(8)4-5;;;/h1-4H,7H2;1-3,8H,7H2,(H,9,10,11);1-4,7-8H;;;/q;;;;;+1/p-1. The topological polar surface area (TPSA) is 213 Å². The summed E-state index contributed by atoms with van der Waals surface area (Å²) in [6.45, 7) is 0. The van der Waals surface area contributed by atoms with Crippen LogP contribution in [0, 0.1) is 10.1 Å². The van der Waals surface area contributed by atoms with Gasteiger partial charge in [-0.15, -0.1) is 0 Å². The minimum Gasteiger partial charge on any atom is -0.744 e. The minimum atomic E-state index is -4.64. The van der Waals surface area contributed by atoms with E-state index in [0.717, 1.165) is 6.07 Å². The van der Waals surface area contributed by atoms with Gasteiger partial charge in [0.25, 0.3) is 5.69 Å². The normalized spacial score (nSPS) is 9.12. The zero-order chi connectivity index (χ0) is 22.9. The van der Waals surface area contributed by atoms with E-state index in [1.807, 2.05) is 0 Å². The summed E-state index contributed by atoms with van der Waals surface area (Å²) >= 11 is 0. The first-order chi connectivity index (χ1) is 13.9. The molecule has 0 amide bonds. The molecule has 0 atom stereocenters. The second-order valence-corrected chi connectivity index (χ2v) is 6.86. The maximum Gasteiger partial charge on any atom is 1.00 e. The zero-order valence-electron chi connectivity index (χ0n) is 17.6. The van der Waals surface area contributed by atoms with Crippen molar-refractivity contribution in [1.29, 1.82) is 0 Å². The summed E-state index contributed by atoms with van der Waals surface area (Å²) in [4.78, 5) is 8.93. The summed E-state index contributed by atoms with van der Waals surface area (Å²) in [5.74, 6) is -0.512. The van der Waals surface area contributed by atoms with Gasteiger partial charge in [-0.1, -0.05) is 12.1 Å². The molecule has 0 unspecified atom stereocenters. The molecule has 0 bridgehead atoms. The van der Waals surface area contributed by atoms with Gasteiger partial charge in [0.05, 0.1) is 15.5 Å². The van der Waals surface area contributed by atoms with Crippen LogP contribution < -0.4 is 41.0 Å². The molecule has 1 radical (unpaired) electrons. The number of rotatable bonds is 2. The molecule has 0 saturated heterocycles. The Labute approximate surface area is 244 Å². The number of non-ortho nitro benzene ring substituents is 1. The molecular formula is C18H18FeN3Na2O8S. The van der Waals surface area contributed by atoms with Crippen molar-refractivity contribution >= 4 is 56.7 Å². The first-order valence-electron chi connectivity index (χ1n) is 7.93. The Morgan fingerprint density at radius 1 is 0.848 bits per heavy atom. The van der Waals surface area contributed by atoms with Crippen LogP contribution in [0.15, 0.2) is 71.6 Å². The molecule has 11 nitrogen and oxygen atoms in total. The van der Waals surface area contributed by atoms with Crippen molar-refractivity contribution in [2.75, 3.05) is 11.5 Å². The number of nitrogen functional groups attached to an aromatic ring is 2. The molecule has 3 aromatic carbocycles. The second-order valence-electron chi connectivity index (χ2n) is 5.52. The number of benzene rings is 3. The molecule has 0 aromatic heterocycles. The molecule has 0 fully saturated rings. The molecule has 0 aliphatic heterocycles. The number of nitro groups is 1. The maximum atomic E-state index is 10.4. The molecule has 3 aromatic rings. The summed E-state index contributed by atoms with van der Waals surface area (Å²) in [5.41, 5.74) is 10.9. The number of nitrogens with two attached hydrogens (primary N) is 2. The number of nitro benzene ring substituents is 1. The molecular weight excluding hydrogens is 520 g/mol. The number of para-hydroxylation sites is 1. The van der Waals surface area contributed by atoms with Crippen LogP contribution in [0.5, 0.6) is 17.2 Å². The van der Waals surface area contributed by atoms with Crippen LogP contribution in [0.2, 0.25) is 0 Å². The number of anilines is 2. The van der Waals surface area contributed by atoms with Gasteiger partial charge < -0.3 is 31.3 Å². The van der Waals surface area contributed by atoms with E-state index in [-0.39, 0.29) is 99.1 Å². The van der Waals surface area contributed by atoms with Gasteiger partial charge in [-0.2, -0.15) is 0 Å². The quantitative estimate of drug-likeness (QED) is 0.0655. The maximum absolute atomic E-state index is 10.4. The van der Waals surface area contributed by atoms with E-state index in [4.69, 9.17) is 26.8 Å². The SMILES string of the molecule is Nc1ccc([N+](=O)[O-])cc1.Nc1cccc(S(=O)(=O)[O-])c1O.Oc1cccc(O)c1.[Fe].[Na+].[Na]. The van der Waals surface area contributed by atoms with E-state index >= 15 is 0 Å². The fraction of sp³-hybridized carbons (Fsp3) is 0. The first-order valence-corrected chi connectivity index (χ1v) is 9.34. The van der Waals surface area contributed by atoms with Crippen LogP contribution in [0.1, 0.15) is 0 Å². The van der Waals surface area contributed by atoms with Gasteiger partial charge in [-0.25, -0.2) is 8.42 Å². The van der Waals surface area contributed by atoms with E-state index in [0.29, 0.717) is 5.69 Å². The van der Waals surface area contributed by atoms with Crippen LogP contribution in [-0.2, 0) is 27.2 Å². The Hall–Kier alpha value is -1.51. The smallest absolute Gasteiger partial charge is 0.744 e. The average Bonchev–Trinajstić information content (AvgIpc) is 2.64. The summed E-state index contributed by atoms with van der Waals surface area (Å²) in [6, 6.07) is 15.2. The van der Waals surface area contributed by atoms with Crippen LogP contribution in [0.25, 0.3) is 0 Å². The summed E-state index contributed by atoms with van der Waals surface area (Å²) in [5, 5.41) is 36.4. The molecule has 169 valence electrons. The van der Waals surface area contributed by atoms with Crippen LogP contribution in [0.3, 0.4) is 0 Å². The Morgan fingerprint density at radius 3 is 1.64 bits per heavy atom. The van der Waals surface area contributed by atoms with Gasteiger partial charge >= 0.3 is 29.6 Å². The van der Waals surface area contributed by atoms with E-state index in [1.54, 1.807) is 6.07 Å². The number of phenolic OH excluding ortho intramolecular Hbond substituents is 3. The van der Waals surface area contributed by atoms with Gasteiger partial charge in [0.15, 0.2) is 5.75 Å². The molecule has 0 spiro atoms. The fourth-order valence-corrected chi connectivity index (χ4v) is 2.43. The Bertz CT molecular complexity index is 1100. The van der Waals surface area contributed by atoms with Crippen molar-refractivity contribution in [3.05, 3.63) is 76.8 Å². The van der Waals surface area contributed by atoms with Crippen LogP contribution >= 0.6 is 0 Å². The van der Waals surface area contributed by atoms with Crippen LogP contribution in [-0.4, -0.2) is 62.8 Å².